The Morgan fingerprint density at radius 3 is 2.32 bits per heavy atom. The Hall–Kier alpha value is -2.11. The Labute approximate surface area is 111 Å². The third-order valence-electron chi connectivity index (χ3n) is 2.72. The number of carbonyl (C=O) groups is 1. The van der Waals surface area contributed by atoms with E-state index in [0.717, 1.165) is 16.8 Å². The van der Waals surface area contributed by atoms with E-state index in [0.29, 0.717) is 5.46 Å². The second-order valence-electron chi connectivity index (χ2n) is 4.26. The fraction of sp³-hybridized carbons (Fsp3) is 0.0714. The number of amides is 1. The quantitative estimate of drug-likeness (QED) is 0.716. The molecule has 0 saturated carbocycles. The Bertz CT molecular complexity index is 581. The van der Waals surface area contributed by atoms with Gasteiger partial charge in [0.1, 0.15) is 0 Å². The van der Waals surface area contributed by atoms with Gasteiger partial charge in [-0.2, -0.15) is 0 Å². The maximum atomic E-state index is 10.9. The van der Waals surface area contributed by atoms with Crippen molar-refractivity contribution in [3.63, 3.8) is 0 Å². The van der Waals surface area contributed by atoms with Crippen LogP contribution in [0.5, 0.6) is 0 Å². The first-order valence-corrected chi connectivity index (χ1v) is 5.90. The lowest BCUT2D eigenvalue weighted by molar-refractivity contribution is -0.114. The topological polar surface area (TPSA) is 69.6 Å². The molecule has 0 aromatic heterocycles. The molecule has 2 aromatic rings. The lowest BCUT2D eigenvalue weighted by atomic mass is 9.79. The van der Waals surface area contributed by atoms with Crippen LogP contribution < -0.4 is 10.8 Å². The van der Waals surface area contributed by atoms with Gasteiger partial charge in [0.25, 0.3) is 0 Å². The van der Waals surface area contributed by atoms with E-state index in [9.17, 15) is 4.79 Å². The fourth-order valence-corrected chi connectivity index (χ4v) is 1.83. The molecule has 5 heteroatoms. The van der Waals surface area contributed by atoms with Gasteiger partial charge in [-0.1, -0.05) is 36.4 Å². The molecule has 0 spiro atoms. The number of anilines is 1. The van der Waals surface area contributed by atoms with Gasteiger partial charge in [0.05, 0.1) is 0 Å². The van der Waals surface area contributed by atoms with Crippen LogP contribution in [0.3, 0.4) is 0 Å². The van der Waals surface area contributed by atoms with Crippen LogP contribution in [-0.4, -0.2) is 23.1 Å². The molecule has 0 fully saturated rings. The molecule has 0 aliphatic heterocycles. The van der Waals surface area contributed by atoms with Crippen molar-refractivity contribution in [3.8, 4) is 11.1 Å². The number of nitrogens with one attached hydrogen (secondary N) is 1. The molecule has 0 bridgehead atoms. The van der Waals surface area contributed by atoms with Gasteiger partial charge in [0.2, 0.25) is 5.91 Å². The predicted octanol–water partition coefficient (Wildman–Crippen LogP) is 0.992. The van der Waals surface area contributed by atoms with Gasteiger partial charge in [-0.3, -0.25) is 4.79 Å². The average Bonchev–Trinajstić information content (AvgIpc) is 2.39. The van der Waals surface area contributed by atoms with Gasteiger partial charge in [-0.25, -0.2) is 0 Å². The summed E-state index contributed by atoms with van der Waals surface area (Å²) in [5.74, 6) is -0.113. The molecular weight excluding hydrogens is 241 g/mol. The molecule has 19 heavy (non-hydrogen) atoms. The monoisotopic (exact) mass is 255 g/mol. The Morgan fingerprint density at radius 1 is 1.05 bits per heavy atom. The molecule has 96 valence electrons. The Balaban J connectivity index is 2.26. The van der Waals surface area contributed by atoms with Crippen LogP contribution in [-0.2, 0) is 4.79 Å². The smallest absolute Gasteiger partial charge is 0.423 e. The number of hydrogen-bond acceptors (Lipinski definition) is 3. The normalized spacial score (nSPS) is 10.1. The standard InChI is InChI=1S/C14H14BNO3/c1-10(17)16-14-7-5-11(6-8-14)12-3-2-4-13(9-12)15(18)19/h2-9,18-19H,1H3,(H,16,17). The molecule has 0 aliphatic carbocycles. The van der Waals surface area contributed by atoms with E-state index >= 15 is 0 Å². The molecule has 0 radical (unpaired) electrons. The molecule has 2 aromatic carbocycles. The lowest BCUT2D eigenvalue weighted by Gasteiger charge is -2.07. The summed E-state index contributed by atoms with van der Waals surface area (Å²) in [5.41, 5.74) is 3.01. The van der Waals surface area contributed by atoms with Crippen LogP contribution in [0.1, 0.15) is 6.92 Å². The molecule has 1 amide bonds. The number of rotatable bonds is 3. The van der Waals surface area contributed by atoms with E-state index in [-0.39, 0.29) is 5.91 Å². The molecular formula is C14H14BNO3. The highest BCUT2D eigenvalue weighted by Crippen LogP contribution is 2.20. The number of benzene rings is 2. The van der Waals surface area contributed by atoms with Gasteiger partial charge in [-0.15, -0.1) is 0 Å². The minimum Gasteiger partial charge on any atom is -0.423 e. The number of hydrogen-bond donors (Lipinski definition) is 3. The van der Waals surface area contributed by atoms with Crippen LogP contribution in [0.15, 0.2) is 48.5 Å². The zero-order valence-corrected chi connectivity index (χ0v) is 10.5. The third-order valence-corrected chi connectivity index (χ3v) is 2.72. The maximum absolute atomic E-state index is 10.9. The van der Waals surface area contributed by atoms with Crippen molar-refractivity contribution >= 4 is 24.2 Å². The van der Waals surface area contributed by atoms with E-state index in [4.69, 9.17) is 10.0 Å². The first kappa shape index (κ1) is 13.3. The molecule has 0 heterocycles. The zero-order chi connectivity index (χ0) is 13.8. The van der Waals surface area contributed by atoms with E-state index < -0.39 is 7.12 Å². The summed E-state index contributed by atoms with van der Waals surface area (Å²) in [6.45, 7) is 1.46. The highest BCUT2D eigenvalue weighted by molar-refractivity contribution is 6.58. The summed E-state index contributed by atoms with van der Waals surface area (Å²) in [6, 6.07) is 14.4. The molecule has 0 unspecified atom stereocenters. The molecule has 0 aliphatic rings. The van der Waals surface area contributed by atoms with Crippen molar-refractivity contribution in [2.75, 3.05) is 5.32 Å². The van der Waals surface area contributed by atoms with E-state index in [1.165, 1.54) is 6.92 Å². The van der Waals surface area contributed by atoms with Crippen LogP contribution in [0.25, 0.3) is 11.1 Å². The second kappa shape index (κ2) is 5.69. The summed E-state index contributed by atoms with van der Waals surface area (Å²) in [6.07, 6.45) is 0. The summed E-state index contributed by atoms with van der Waals surface area (Å²) >= 11 is 0. The number of carbonyl (C=O) groups excluding carboxylic acids is 1. The van der Waals surface area contributed by atoms with Gasteiger partial charge >= 0.3 is 7.12 Å². The van der Waals surface area contributed by atoms with Crippen molar-refractivity contribution in [2.45, 2.75) is 6.92 Å². The van der Waals surface area contributed by atoms with E-state index in [2.05, 4.69) is 5.32 Å². The fourth-order valence-electron chi connectivity index (χ4n) is 1.83. The van der Waals surface area contributed by atoms with Crippen LogP contribution in [0, 0.1) is 0 Å². The summed E-state index contributed by atoms with van der Waals surface area (Å²) in [5, 5.41) is 21.0. The lowest BCUT2D eigenvalue weighted by Crippen LogP contribution is -2.29. The van der Waals surface area contributed by atoms with Gasteiger partial charge in [0, 0.05) is 12.6 Å². The minimum absolute atomic E-state index is 0.113. The third kappa shape index (κ3) is 3.43. The highest BCUT2D eigenvalue weighted by atomic mass is 16.4. The Kier molecular flexibility index (Phi) is 3.99. The van der Waals surface area contributed by atoms with Crippen molar-refractivity contribution < 1.29 is 14.8 Å². The van der Waals surface area contributed by atoms with Crippen molar-refractivity contribution in [1.29, 1.82) is 0 Å². The van der Waals surface area contributed by atoms with Crippen molar-refractivity contribution in [1.82, 2.24) is 0 Å². The zero-order valence-electron chi connectivity index (χ0n) is 10.5. The maximum Gasteiger partial charge on any atom is 0.488 e. The van der Waals surface area contributed by atoms with Crippen molar-refractivity contribution in [3.05, 3.63) is 48.5 Å². The van der Waals surface area contributed by atoms with Crippen molar-refractivity contribution in [2.24, 2.45) is 0 Å². The highest BCUT2D eigenvalue weighted by Gasteiger charge is 2.11. The summed E-state index contributed by atoms with van der Waals surface area (Å²) in [4.78, 5) is 10.9. The SMILES string of the molecule is CC(=O)Nc1ccc(-c2cccc(B(O)O)c2)cc1. The molecule has 3 N–H and O–H groups in total. The second-order valence-corrected chi connectivity index (χ2v) is 4.26. The average molecular weight is 255 g/mol. The van der Waals surface area contributed by atoms with Gasteiger partial charge in [0.15, 0.2) is 0 Å². The predicted molar refractivity (Wildman–Crippen MR) is 76.0 cm³/mol. The molecule has 2 rings (SSSR count). The first-order valence-electron chi connectivity index (χ1n) is 5.90. The summed E-state index contributed by atoms with van der Waals surface area (Å²) in [7, 11) is -1.47. The largest absolute Gasteiger partial charge is 0.488 e. The summed E-state index contributed by atoms with van der Waals surface area (Å²) < 4.78 is 0. The van der Waals surface area contributed by atoms with E-state index in [1.807, 2.05) is 18.2 Å². The first-order chi connectivity index (χ1) is 9.06. The van der Waals surface area contributed by atoms with E-state index in [1.54, 1.807) is 30.3 Å². The molecule has 0 atom stereocenters. The van der Waals surface area contributed by atoms with Crippen LogP contribution in [0.4, 0.5) is 5.69 Å². The molecule has 4 nitrogen and oxygen atoms in total. The van der Waals surface area contributed by atoms with Gasteiger partial charge < -0.3 is 15.4 Å². The van der Waals surface area contributed by atoms with Gasteiger partial charge in [-0.05, 0) is 28.7 Å². The van der Waals surface area contributed by atoms with Crippen LogP contribution in [0.2, 0.25) is 0 Å². The molecule has 0 saturated heterocycles. The minimum atomic E-state index is -1.47. The van der Waals surface area contributed by atoms with Crippen LogP contribution >= 0.6 is 0 Å². The Morgan fingerprint density at radius 2 is 1.74 bits per heavy atom.